The van der Waals surface area contributed by atoms with Crippen LogP contribution in [0, 0.1) is 12.8 Å². The maximum Gasteiger partial charge on any atom is 0.191 e. The van der Waals surface area contributed by atoms with Gasteiger partial charge in [-0.1, -0.05) is 31.2 Å². The zero-order chi connectivity index (χ0) is 17.0. The molecule has 3 rings (SSSR count). The zero-order valence-electron chi connectivity index (χ0n) is 15.1. The van der Waals surface area contributed by atoms with Crippen LogP contribution in [0.2, 0.25) is 0 Å². The third-order valence-corrected chi connectivity index (χ3v) is 5.69. The number of hydrogen-bond donors (Lipinski definition) is 1. The summed E-state index contributed by atoms with van der Waals surface area (Å²) in [4.78, 5) is 7.12. The molecular formula is C20H31N3O. The van der Waals surface area contributed by atoms with Gasteiger partial charge in [0.15, 0.2) is 5.96 Å². The number of benzene rings is 1. The first-order valence-electron chi connectivity index (χ1n) is 9.29. The van der Waals surface area contributed by atoms with Gasteiger partial charge in [0.25, 0.3) is 0 Å². The smallest absolute Gasteiger partial charge is 0.191 e. The van der Waals surface area contributed by atoms with E-state index in [0.717, 1.165) is 51.6 Å². The van der Waals surface area contributed by atoms with Crippen LogP contribution in [0.4, 0.5) is 0 Å². The number of rotatable bonds is 3. The van der Waals surface area contributed by atoms with Crippen LogP contribution >= 0.6 is 0 Å². The molecule has 0 spiro atoms. The van der Waals surface area contributed by atoms with E-state index in [1.807, 2.05) is 0 Å². The highest BCUT2D eigenvalue weighted by molar-refractivity contribution is 5.78. The van der Waals surface area contributed by atoms with Crippen molar-refractivity contribution in [1.29, 1.82) is 0 Å². The summed E-state index contributed by atoms with van der Waals surface area (Å²) in [5, 5.41) is 0. The number of likely N-dealkylation sites (tertiary alicyclic amines) is 1. The van der Waals surface area contributed by atoms with Crippen LogP contribution in [0.1, 0.15) is 43.7 Å². The minimum atomic E-state index is 0.0651. The summed E-state index contributed by atoms with van der Waals surface area (Å²) < 4.78 is 5.63. The van der Waals surface area contributed by atoms with Crippen molar-refractivity contribution in [2.75, 3.05) is 32.8 Å². The predicted molar refractivity (Wildman–Crippen MR) is 99.4 cm³/mol. The molecule has 0 bridgehead atoms. The Hall–Kier alpha value is -1.55. The molecule has 1 atom stereocenters. The molecule has 1 aromatic carbocycles. The molecule has 132 valence electrons. The average molecular weight is 329 g/mol. The first-order chi connectivity index (χ1) is 11.6. The summed E-state index contributed by atoms with van der Waals surface area (Å²) in [7, 11) is 0. The lowest BCUT2D eigenvalue weighted by Crippen LogP contribution is -2.45. The number of piperidine rings is 1. The van der Waals surface area contributed by atoms with Gasteiger partial charge in [0.1, 0.15) is 0 Å². The molecule has 0 radical (unpaired) electrons. The molecule has 2 heterocycles. The van der Waals surface area contributed by atoms with Crippen molar-refractivity contribution in [3.63, 3.8) is 0 Å². The minimum absolute atomic E-state index is 0.0651. The molecule has 2 aliphatic rings. The number of aryl methyl sites for hydroxylation is 1. The maximum atomic E-state index is 6.35. The summed E-state index contributed by atoms with van der Waals surface area (Å²) in [5.41, 5.74) is 9.17. The summed E-state index contributed by atoms with van der Waals surface area (Å²) >= 11 is 0. The van der Waals surface area contributed by atoms with Crippen LogP contribution in [0.15, 0.2) is 29.3 Å². The van der Waals surface area contributed by atoms with Crippen LogP contribution in [0.3, 0.4) is 0 Å². The van der Waals surface area contributed by atoms with E-state index >= 15 is 0 Å². The Morgan fingerprint density at radius 1 is 1.33 bits per heavy atom. The Balaban J connectivity index is 1.80. The second kappa shape index (κ2) is 7.56. The van der Waals surface area contributed by atoms with Crippen molar-refractivity contribution >= 4 is 5.96 Å². The number of nitrogens with two attached hydrogens (primary N) is 1. The van der Waals surface area contributed by atoms with Crippen LogP contribution in [0.25, 0.3) is 0 Å². The Morgan fingerprint density at radius 3 is 2.79 bits per heavy atom. The number of guanidine groups is 1. The largest absolute Gasteiger partial charge is 0.381 e. The summed E-state index contributed by atoms with van der Waals surface area (Å²) in [6.07, 6.45) is 4.55. The van der Waals surface area contributed by atoms with Crippen LogP contribution in [-0.2, 0) is 10.2 Å². The fourth-order valence-electron chi connectivity index (χ4n) is 4.17. The predicted octanol–water partition coefficient (Wildman–Crippen LogP) is 3.09. The molecule has 4 heteroatoms. The highest BCUT2D eigenvalue weighted by Gasteiger charge is 2.35. The van der Waals surface area contributed by atoms with E-state index < -0.39 is 0 Å². The molecule has 2 saturated heterocycles. The van der Waals surface area contributed by atoms with Crippen LogP contribution in [-0.4, -0.2) is 43.7 Å². The van der Waals surface area contributed by atoms with Crippen molar-refractivity contribution in [2.24, 2.45) is 16.6 Å². The van der Waals surface area contributed by atoms with Crippen molar-refractivity contribution < 1.29 is 4.74 Å². The molecule has 2 aliphatic heterocycles. The van der Waals surface area contributed by atoms with Gasteiger partial charge in [0, 0.05) is 31.7 Å². The second-order valence-electron chi connectivity index (χ2n) is 7.58. The SMILES string of the molecule is Cc1ccccc1C1(CN=C(N)N2CCCC(C)C2)CCOCC1. The van der Waals surface area contributed by atoms with Gasteiger partial charge in [-0.3, -0.25) is 4.99 Å². The summed E-state index contributed by atoms with van der Waals surface area (Å²) in [6.45, 7) is 8.96. The van der Waals surface area contributed by atoms with E-state index in [-0.39, 0.29) is 5.41 Å². The molecule has 0 saturated carbocycles. The normalized spacial score (nSPS) is 24.8. The Bertz CT molecular complexity index is 578. The molecule has 0 amide bonds. The molecule has 1 unspecified atom stereocenters. The monoisotopic (exact) mass is 329 g/mol. The molecule has 2 fully saturated rings. The van der Waals surface area contributed by atoms with Gasteiger partial charge in [-0.2, -0.15) is 0 Å². The third kappa shape index (κ3) is 3.75. The lowest BCUT2D eigenvalue weighted by molar-refractivity contribution is 0.0528. The lowest BCUT2D eigenvalue weighted by Gasteiger charge is -2.38. The quantitative estimate of drug-likeness (QED) is 0.685. The molecule has 1 aromatic rings. The van der Waals surface area contributed by atoms with Gasteiger partial charge in [-0.15, -0.1) is 0 Å². The molecule has 24 heavy (non-hydrogen) atoms. The highest BCUT2D eigenvalue weighted by Crippen LogP contribution is 2.37. The third-order valence-electron chi connectivity index (χ3n) is 5.69. The molecule has 4 nitrogen and oxygen atoms in total. The number of nitrogens with zero attached hydrogens (tertiary/aromatic N) is 2. The van der Waals surface area contributed by atoms with Crippen molar-refractivity contribution in [2.45, 2.75) is 44.9 Å². The van der Waals surface area contributed by atoms with Gasteiger partial charge in [-0.05, 0) is 49.7 Å². The Labute approximate surface area is 146 Å². The molecule has 2 N–H and O–H groups in total. The van der Waals surface area contributed by atoms with E-state index in [1.54, 1.807) is 0 Å². The highest BCUT2D eigenvalue weighted by atomic mass is 16.5. The van der Waals surface area contributed by atoms with Crippen LogP contribution in [0.5, 0.6) is 0 Å². The Morgan fingerprint density at radius 2 is 2.08 bits per heavy atom. The zero-order valence-corrected chi connectivity index (χ0v) is 15.1. The van der Waals surface area contributed by atoms with Crippen molar-refractivity contribution in [3.05, 3.63) is 35.4 Å². The molecule has 0 aliphatic carbocycles. The van der Waals surface area contributed by atoms with Gasteiger partial charge >= 0.3 is 0 Å². The fourth-order valence-corrected chi connectivity index (χ4v) is 4.17. The number of hydrogen-bond acceptors (Lipinski definition) is 2. The number of aliphatic imine (C=N–C) groups is 1. The standard InChI is InChI=1S/C20H31N3O/c1-16-6-5-11-23(14-16)19(21)22-15-20(9-12-24-13-10-20)18-8-4-3-7-17(18)2/h3-4,7-8,16H,5-6,9-15H2,1-2H3,(H2,21,22). The minimum Gasteiger partial charge on any atom is -0.381 e. The first-order valence-corrected chi connectivity index (χ1v) is 9.29. The lowest BCUT2D eigenvalue weighted by atomic mass is 9.72. The van der Waals surface area contributed by atoms with Crippen LogP contribution < -0.4 is 5.73 Å². The maximum absolute atomic E-state index is 6.35. The fraction of sp³-hybridized carbons (Fsp3) is 0.650. The van der Waals surface area contributed by atoms with Gasteiger partial charge in [-0.25, -0.2) is 0 Å². The summed E-state index contributed by atoms with van der Waals surface area (Å²) in [5.74, 6) is 1.43. The average Bonchev–Trinajstić information content (AvgIpc) is 2.61. The second-order valence-corrected chi connectivity index (χ2v) is 7.58. The van der Waals surface area contributed by atoms with Gasteiger partial charge in [0.2, 0.25) is 0 Å². The summed E-state index contributed by atoms with van der Waals surface area (Å²) in [6, 6.07) is 8.71. The topological polar surface area (TPSA) is 50.8 Å². The van der Waals surface area contributed by atoms with E-state index in [2.05, 4.69) is 43.0 Å². The molecular weight excluding hydrogens is 298 g/mol. The van der Waals surface area contributed by atoms with Crippen molar-refractivity contribution in [3.8, 4) is 0 Å². The van der Waals surface area contributed by atoms with Gasteiger partial charge < -0.3 is 15.4 Å². The van der Waals surface area contributed by atoms with E-state index in [0.29, 0.717) is 5.92 Å². The Kier molecular flexibility index (Phi) is 5.44. The van der Waals surface area contributed by atoms with E-state index in [9.17, 15) is 0 Å². The molecule has 0 aromatic heterocycles. The van der Waals surface area contributed by atoms with E-state index in [4.69, 9.17) is 15.5 Å². The number of ether oxygens (including phenoxy) is 1. The van der Waals surface area contributed by atoms with E-state index in [1.165, 1.54) is 24.0 Å². The van der Waals surface area contributed by atoms with Gasteiger partial charge in [0.05, 0.1) is 6.54 Å². The van der Waals surface area contributed by atoms with Crippen molar-refractivity contribution in [1.82, 2.24) is 4.90 Å². The first kappa shape index (κ1) is 17.3.